The van der Waals surface area contributed by atoms with Crippen molar-refractivity contribution in [2.45, 2.75) is 20.3 Å². The number of Topliss-reactive ketones (excluding diaryl/α,β-unsaturated/α-hetero) is 1. The molecule has 0 spiro atoms. The zero-order valence-electron chi connectivity index (χ0n) is 9.41. The number of hydrogen-bond acceptors (Lipinski definition) is 3. The number of anilines is 2. The summed E-state index contributed by atoms with van der Waals surface area (Å²) in [6.07, 6.45) is -0.00758. The topological polar surface area (TPSA) is 63.4 Å². The van der Waals surface area contributed by atoms with Gasteiger partial charge in [-0.1, -0.05) is 0 Å². The van der Waals surface area contributed by atoms with E-state index in [2.05, 4.69) is 0 Å². The van der Waals surface area contributed by atoms with Crippen molar-refractivity contribution in [2.24, 2.45) is 0 Å². The average Bonchev–Trinajstić information content (AvgIpc) is 2.51. The molecule has 2 rings (SSSR count). The SMILES string of the molecule is Cc1cc(N)c(N2CC(=O)CC2=O)cc1C. The van der Waals surface area contributed by atoms with Crippen LogP contribution < -0.4 is 10.6 Å². The van der Waals surface area contributed by atoms with E-state index in [1.54, 1.807) is 0 Å². The molecule has 0 unspecified atom stereocenters. The Morgan fingerprint density at radius 2 is 1.81 bits per heavy atom. The van der Waals surface area contributed by atoms with Crippen LogP contribution in [0.1, 0.15) is 17.5 Å². The summed E-state index contributed by atoms with van der Waals surface area (Å²) < 4.78 is 0. The molecular weight excluding hydrogens is 204 g/mol. The predicted octanol–water partition coefficient (Wildman–Crippen LogP) is 1.19. The molecule has 1 aromatic carbocycles. The molecule has 16 heavy (non-hydrogen) atoms. The number of ketones is 1. The van der Waals surface area contributed by atoms with Gasteiger partial charge in [0.2, 0.25) is 5.91 Å². The van der Waals surface area contributed by atoms with Crippen molar-refractivity contribution in [3.05, 3.63) is 23.3 Å². The monoisotopic (exact) mass is 218 g/mol. The summed E-state index contributed by atoms with van der Waals surface area (Å²) in [4.78, 5) is 24.2. The molecule has 1 amide bonds. The minimum Gasteiger partial charge on any atom is -0.397 e. The lowest BCUT2D eigenvalue weighted by Crippen LogP contribution is -2.25. The standard InChI is InChI=1S/C12H14N2O2/c1-7-3-10(13)11(4-8(7)2)14-6-9(15)5-12(14)16/h3-4H,5-6,13H2,1-2H3. The molecule has 0 aliphatic carbocycles. The molecule has 2 N–H and O–H groups in total. The Hall–Kier alpha value is -1.84. The first-order valence-electron chi connectivity index (χ1n) is 5.18. The molecule has 1 aliphatic rings. The third-order valence-electron chi connectivity index (χ3n) is 2.92. The molecule has 1 aliphatic heterocycles. The number of amides is 1. The number of nitrogens with zero attached hydrogens (tertiary/aromatic N) is 1. The van der Waals surface area contributed by atoms with Gasteiger partial charge in [-0.15, -0.1) is 0 Å². The van der Waals surface area contributed by atoms with Gasteiger partial charge in [0, 0.05) is 0 Å². The summed E-state index contributed by atoms with van der Waals surface area (Å²) in [7, 11) is 0. The van der Waals surface area contributed by atoms with Crippen LogP contribution >= 0.6 is 0 Å². The maximum absolute atomic E-state index is 11.6. The lowest BCUT2D eigenvalue weighted by molar-refractivity contribution is -0.121. The molecule has 1 saturated heterocycles. The van der Waals surface area contributed by atoms with Crippen molar-refractivity contribution in [3.8, 4) is 0 Å². The quantitative estimate of drug-likeness (QED) is 0.569. The molecule has 4 heteroatoms. The summed E-state index contributed by atoms with van der Waals surface area (Å²) in [6.45, 7) is 4.07. The van der Waals surface area contributed by atoms with Crippen LogP contribution in [0.25, 0.3) is 0 Å². The van der Waals surface area contributed by atoms with Crippen molar-refractivity contribution >= 4 is 23.1 Å². The van der Waals surface area contributed by atoms with Crippen LogP contribution in [0.4, 0.5) is 11.4 Å². The van der Waals surface area contributed by atoms with Gasteiger partial charge in [0.15, 0.2) is 5.78 Å². The molecule has 84 valence electrons. The summed E-state index contributed by atoms with van der Waals surface area (Å²) in [6, 6.07) is 3.70. The smallest absolute Gasteiger partial charge is 0.234 e. The number of nitrogens with two attached hydrogens (primary N) is 1. The van der Waals surface area contributed by atoms with E-state index < -0.39 is 0 Å². The number of carbonyl (C=O) groups is 2. The van der Waals surface area contributed by atoms with E-state index in [1.165, 1.54) is 4.90 Å². The predicted molar refractivity (Wildman–Crippen MR) is 62.3 cm³/mol. The van der Waals surface area contributed by atoms with E-state index in [0.717, 1.165) is 11.1 Å². The van der Waals surface area contributed by atoms with Crippen LogP contribution in [0, 0.1) is 13.8 Å². The fourth-order valence-corrected chi connectivity index (χ4v) is 1.86. The lowest BCUT2D eigenvalue weighted by Gasteiger charge is -2.18. The Labute approximate surface area is 94.0 Å². The average molecular weight is 218 g/mol. The lowest BCUT2D eigenvalue weighted by atomic mass is 10.1. The largest absolute Gasteiger partial charge is 0.397 e. The highest BCUT2D eigenvalue weighted by Gasteiger charge is 2.29. The second-order valence-electron chi connectivity index (χ2n) is 4.19. The van der Waals surface area contributed by atoms with E-state index in [0.29, 0.717) is 11.4 Å². The Balaban J connectivity index is 2.45. The Morgan fingerprint density at radius 3 is 2.38 bits per heavy atom. The summed E-state index contributed by atoms with van der Waals surface area (Å²) in [5.74, 6) is -0.220. The molecule has 0 bridgehead atoms. The zero-order valence-corrected chi connectivity index (χ0v) is 9.41. The van der Waals surface area contributed by atoms with E-state index in [-0.39, 0.29) is 24.7 Å². The first-order valence-corrected chi connectivity index (χ1v) is 5.18. The first kappa shape index (κ1) is 10.7. The second-order valence-corrected chi connectivity index (χ2v) is 4.19. The Kier molecular flexibility index (Phi) is 2.42. The third-order valence-corrected chi connectivity index (χ3v) is 2.92. The molecule has 0 aromatic heterocycles. The van der Waals surface area contributed by atoms with Crippen LogP contribution in [0.5, 0.6) is 0 Å². The minimum atomic E-state index is -0.167. The van der Waals surface area contributed by atoms with E-state index in [4.69, 9.17) is 5.73 Å². The van der Waals surface area contributed by atoms with Gasteiger partial charge in [0.05, 0.1) is 24.3 Å². The van der Waals surface area contributed by atoms with E-state index in [9.17, 15) is 9.59 Å². The highest BCUT2D eigenvalue weighted by Crippen LogP contribution is 2.29. The Bertz CT molecular complexity index is 480. The number of aryl methyl sites for hydroxylation is 2. The van der Waals surface area contributed by atoms with Gasteiger partial charge in [-0.3, -0.25) is 9.59 Å². The van der Waals surface area contributed by atoms with Crippen LogP contribution in [0.2, 0.25) is 0 Å². The first-order chi connectivity index (χ1) is 7.49. The maximum atomic E-state index is 11.6. The number of benzene rings is 1. The van der Waals surface area contributed by atoms with Gasteiger partial charge < -0.3 is 10.6 Å². The maximum Gasteiger partial charge on any atom is 0.234 e. The van der Waals surface area contributed by atoms with Crippen molar-refractivity contribution in [1.82, 2.24) is 0 Å². The number of carbonyl (C=O) groups excluding carboxylic acids is 2. The molecular formula is C12H14N2O2. The third kappa shape index (κ3) is 1.66. The summed E-state index contributed by atoms with van der Waals surface area (Å²) in [5.41, 5.74) is 9.22. The molecule has 4 nitrogen and oxygen atoms in total. The summed E-state index contributed by atoms with van der Waals surface area (Å²) >= 11 is 0. The highest BCUT2D eigenvalue weighted by atomic mass is 16.2. The Morgan fingerprint density at radius 1 is 1.19 bits per heavy atom. The normalized spacial score (nSPS) is 16.0. The molecule has 0 saturated carbocycles. The molecule has 1 heterocycles. The molecule has 0 radical (unpaired) electrons. The van der Waals surface area contributed by atoms with Crippen molar-refractivity contribution in [1.29, 1.82) is 0 Å². The van der Waals surface area contributed by atoms with Gasteiger partial charge in [0.1, 0.15) is 0 Å². The number of hydrogen-bond donors (Lipinski definition) is 1. The second kappa shape index (κ2) is 3.63. The van der Waals surface area contributed by atoms with Crippen molar-refractivity contribution in [3.63, 3.8) is 0 Å². The van der Waals surface area contributed by atoms with Crippen molar-refractivity contribution in [2.75, 3.05) is 17.2 Å². The van der Waals surface area contributed by atoms with Crippen LogP contribution in [0.3, 0.4) is 0 Å². The number of rotatable bonds is 1. The van der Waals surface area contributed by atoms with Gasteiger partial charge in [0.25, 0.3) is 0 Å². The zero-order chi connectivity index (χ0) is 11.9. The highest BCUT2D eigenvalue weighted by molar-refractivity contribution is 6.16. The van der Waals surface area contributed by atoms with E-state index >= 15 is 0 Å². The van der Waals surface area contributed by atoms with Crippen LogP contribution in [-0.4, -0.2) is 18.2 Å². The van der Waals surface area contributed by atoms with Crippen LogP contribution in [-0.2, 0) is 9.59 Å². The summed E-state index contributed by atoms with van der Waals surface area (Å²) in [5, 5.41) is 0. The molecule has 1 fully saturated rings. The fourth-order valence-electron chi connectivity index (χ4n) is 1.86. The van der Waals surface area contributed by atoms with Crippen LogP contribution in [0.15, 0.2) is 12.1 Å². The van der Waals surface area contributed by atoms with Gasteiger partial charge in [-0.2, -0.15) is 0 Å². The van der Waals surface area contributed by atoms with Crippen molar-refractivity contribution < 1.29 is 9.59 Å². The van der Waals surface area contributed by atoms with Gasteiger partial charge in [-0.05, 0) is 37.1 Å². The molecule has 0 atom stereocenters. The minimum absolute atomic E-state index is 0.00758. The van der Waals surface area contributed by atoms with Gasteiger partial charge >= 0.3 is 0 Å². The van der Waals surface area contributed by atoms with Gasteiger partial charge in [-0.25, -0.2) is 0 Å². The fraction of sp³-hybridized carbons (Fsp3) is 0.333. The van der Waals surface area contributed by atoms with E-state index in [1.807, 2.05) is 26.0 Å². The number of nitrogen functional groups attached to an aromatic ring is 1. The molecule has 1 aromatic rings.